The van der Waals surface area contributed by atoms with Gasteiger partial charge in [0.15, 0.2) is 0 Å². The van der Waals surface area contributed by atoms with Crippen molar-refractivity contribution in [3.05, 3.63) is 208 Å². The first-order chi connectivity index (χ1) is 41.3. The zero-order chi connectivity index (χ0) is 66.6. The standard InChI is InChI=1S/2C36H49N3O2.2C2H7N.2Ti/c2*1-20(2)27-14-12-15-28(21(3)4)33(27)35(40)37-25(10)31-18-24(9)19-32(39-31)26(11)38-36(41)34-29(22(5)6)16-13-17-30(34)23(7)8;2*1-3-2;;/h2*12-18,20-23,39H,19H2,1-11H3,(H,37,40)(H,38,41);2*3H,1-2H3;;. The average molecular weight is 1300 g/mol. The molecule has 0 atom stereocenters. The van der Waals surface area contributed by atoms with Gasteiger partial charge in [-0.25, -0.2) is 0 Å². The number of carbonyl (C=O) groups is 4. The molecule has 8 N–H and O–H groups in total. The Morgan fingerprint density at radius 3 is 0.667 bits per heavy atom. The largest absolute Gasteiger partial charge is 0.356 e. The molecule has 0 aliphatic carbocycles. The van der Waals surface area contributed by atoms with E-state index in [1.54, 1.807) is 0 Å². The number of hydrogen-bond donors (Lipinski definition) is 8. The number of nitrogens with one attached hydrogen (secondary N) is 8. The molecule has 2 heterocycles. The van der Waals surface area contributed by atoms with Crippen molar-refractivity contribution in [1.29, 1.82) is 0 Å². The summed E-state index contributed by atoms with van der Waals surface area (Å²) < 4.78 is 0. The molecule has 4 amide bonds. The Morgan fingerprint density at radius 2 is 0.500 bits per heavy atom. The first kappa shape index (κ1) is 82.2. The number of allylic oxidation sites excluding steroid dienone is 8. The topological polar surface area (TPSA) is 165 Å². The summed E-state index contributed by atoms with van der Waals surface area (Å²) in [6.45, 7) is 45.8. The van der Waals surface area contributed by atoms with Gasteiger partial charge in [0.05, 0.1) is 11.4 Å². The van der Waals surface area contributed by atoms with Crippen LogP contribution >= 0.6 is 0 Å². The van der Waals surface area contributed by atoms with E-state index in [9.17, 15) is 19.2 Å². The van der Waals surface area contributed by atoms with Crippen LogP contribution in [0.1, 0.15) is 298 Å². The average Bonchev–Trinajstić information content (AvgIpc) is 1.11. The van der Waals surface area contributed by atoms with Gasteiger partial charge in [-0.15, -0.1) is 0 Å². The molecule has 488 valence electrons. The molecular weight excluding hydrogens is 1180 g/mol. The second kappa shape index (κ2) is 38.9. The number of hydrogen-bond acceptors (Lipinski definition) is 8. The van der Waals surface area contributed by atoms with Gasteiger partial charge in [0.1, 0.15) is 0 Å². The molecule has 90 heavy (non-hydrogen) atoms. The molecule has 0 bridgehead atoms. The van der Waals surface area contributed by atoms with Crippen molar-refractivity contribution in [3.8, 4) is 0 Å². The van der Waals surface area contributed by atoms with E-state index < -0.39 is 0 Å². The van der Waals surface area contributed by atoms with Crippen molar-refractivity contribution in [3.63, 3.8) is 0 Å². The minimum Gasteiger partial charge on any atom is -0.356 e. The van der Waals surface area contributed by atoms with Crippen LogP contribution in [0.5, 0.6) is 0 Å². The van der Waals surface area contributed by atoms with E-state index in [0.717, 1.165) is 123 Å². The van der Waals surface area contributed by atoms with Gasteiger partial charge in [-0.05, 0) is 174 Å². The summed E-state index contributed by atoms with van der Waals surface area (Å²) in [5.41, 5.74) is 20.3. The molecule has 0 aromatic heterocycles. The number of rotatable bonds is 16. The third kappa shape index (κ3) is 22.8. The molecule has 12 nitrogen and oxygen atoms in total. The Bertz CT molecular complexity index is 2970. The van der Waals surface area contributed by atoms with Crippen LogP contribution in [0.2, 0.25) is 0 Å². The van der Waals surface area contributed by atoms with Gasteiger partial charge in [-0.3, -0.25) is 19.2 Å². The maximum atomic E-state index is 13.7. The summed E-state index contributed by atoms with van der Waals surface area (Å²) in [7, 11) is 7.50. The second-order valence-electron chi connectivity index (χ2n) is 26.2. The van der Waals surface area contributed by atoms with E-state index in [0.29, 0.717) is 12.8 Å². The zero-order valence-electron chi connectivity index (χ0n) is 59.7. The van der Waals surface area contributed by atoms with Crippen LogP contribution < -0.4 is 42.5 Å². The minimum absolute atomic E-state index is 0. The predicted octanol–water partition coefficient (Wildman–Crippen LogP) is 17.2. The Hall–Kier alpha value is -5.85. The van der Waals surface area contributed by atoms with E-state index in [1.807, 2.05) is 104 Å². The normalized spacial score (nSPS) is 15.1. The third-order valence-corrected chi connectivity index (χ3v) is 15.6. The Labute approximate surface area is 574 Å². The van der Waals surface area contributed by atoms with Crippen molar-refractivity contribution in [2.24, 2.45) is 0 Å². The molecule has 2 aliphatic rings. The van der Waals surface area contributed by atoms with Crippen LogP contribution in [0.15, 0.2) is 142 Å². The van der Waals surface area contributed by atoms with Gasteiger partial charge in [0.25, 0.3) is 23.6 Å². The van der Waals surface area contributed by atoms with Gasteiger partial charge in [-0.1, -0.05) is 195 Å². The van der Waals surface area contributed by atoms with Gasteiger partial charge in [0, 0.05) is 113 Å². The summed E-state index contributed by atoms with van der Waals surface area (Å²) in [6, 6.07) is 24.6. The van der Waals surface area contributed by atoms with Crippen LogP contribution in [0.3, 0.4) is 0 Å². The van der Waals surface area contributed by atoms with Gasteiger partial charge < -0.3 is 42.5 Å². The minimum atomic E-state index is -0.0940. The SMILES string of the molecule is CC1=CC(=C(C)NC(=O)c2c(C(C)C)cccc2C(C)C)NC(=C(C)NC(=O)c2c(C(C)C)cccc2C(C)C)C1.CC1=CC(=C(C)NC(=O)c2c(C(C)C)cccc2C(C)C)NC(=C(C)NC(=O)c2c(C(C)C)cccc2C(C)C)C1.CNC.CNC.[Ti].[Ti]. The number of carbonyl (C=O) groups excluding carboxylic acids is 4. The summed E-state index contributed by atoms with van der Waals surface area (Å²) in [6.07, 6.45) is 5.51. The molecule has 6 rings (SSSR count). The van der Waals surface area contributed by atoms with E-state index in [-0.39, 0.29) is 114 Å². The summed E-state index contributed by atoms with van der Waals surface area (Å²) in [5, 5.41) is 25.2. The number of benzene rings is 4. The Morgan fingerprint density at radius 1 is 0.333 bits per heavy atom. The molecule has 0 unspecified atom stereocenters. The second-order valence-corrected chi connectivity index (χ2v) is 26.2. The molecule has 0 spiro atoms. The van der Waals surface area contributed by atoms with E-state index in [4.69, 9.17) is 0 Å². The molecule has 0 fully saturated rings. The van der Waals surface area contributed by atoms with Crippen molar-refractivity contribution in [1.82, 2.24) is 42.5 Å². The van der Waals surface area contributed by atoms with Crippen LogP contribution in [-0.4, -0.2) is 51.8 Å². The molecule has 0 saturated heterocycles. The quantitative estimate of drug-likeness (QED) is 0.0514. The first-order valence-electron chi connectivity index (χ1n) is 31.9. The summed E-state index contributed by atoms with van der Waals surface area (Å²) >= 11 is 0. The fourth-order valence-electron chi connectivity index (χ4n) is 11.0. The van der Waals surface area contributed by atoms with Crippen LogP contribution in [0, 0.1) is 0 Å². The van der Waals surface area contributed by atoms with E-state index in [2.05, 4.69) is 204 Å². The van der Waals surface area contributed by atoms with Gasteiger partial charge in [-0.2, -0.15) is 0 Å². The zero-order valence-corrected chi connectivity index (χ0v) is 62.9. The molecule has 14 heteroatoms. The Kier molecular flexibility index (Phi) is 35.5. The number of amides is 4. The summed E-state index contributed by atoms with van der Waals surface area (Å²) in [4.78, 5) is 54.6. The van der Waals surface area contributed by atoms with E-state index in [1.165, 1.54) is 0 Å². The van der Waals surface area contributed by atoms with Crippen LogP contribution in [-0.2, 0) is 43.4 Å². The van der Waals surface area contributed by atoms with E-state index >= 15 is 0 Å². The van der Waals surface area contributed by atoms with Gasteiger partial charge in [0.2, 0.25) is 0 Å². The maximum Gasteiger partial charge on any atom is 0.256 e. The monoisotopic (exact) mass is 1300 g/mol. The molecule has 2 aliphatic heterocycles. The molecule has 0 saturated carbocycles. The van der Waals surface area contributed by atoms with Crippen molar-refractivity contribution in [2.75, 3.05) is 28.2 Å². The molecule has 4 aromatic rings. The smallest absolute Gasteiger partial charge is 0.256 e. The molecular formula is C76H112N8O4Ti2. The maximum absolute atomic E-state index is 13.7. The first-order valence-corrected chi connectivity index (χ1v) is 31.9. The molecule has 4 aromatic carbocycles. The van der Waals surface area contributed by atoms with Crippen LogP contribution in [0.25, 0.3) is 0 Å². The predicted molar refractivity (Wildman–Crippen MR) is 372 cm³/mol. The Balaban J connectivity index is 0.000000810. The third-order valence-electron chi connectivity index (χ3n) is 15.6. The van der Waals surface area contributed by atoms with Crippen molar-refractivity contribution >= 4 is 23.6 Å². The fraction of sp³-hybridized carbons (Fsp3) is 0.474. The molecule has 0 radical (unpaired) electrons. The summed E-state index contributed by atoms with van der Waals surface area (Å²) in [5.74, 6) is 1.51. The van der Waals surface area contributed by atoms with Crippen molar-refractivity contribution in [2.45, 2.75) is 213 Å². The van der Waals surface area contributed by atoms with Crippen LogP contribution in [0.4, 0.5) is 0 Å². The van der Waals surface area contributed by atoms with Gasteiger partial charge >= 0.3 is 0 Å². The fourth-order valence-corrected chi connectivity index (χ4v) is 11.0. The van der Waals surface area contributed by atoms with Crippen molar-refractivity contribution < 1.29 is 62.6 Å².